The fourth-order valence-electron chi connectivity index (χ4n) is 1.73. The summed E-state index contributed by atoms with van der Waals surface area (Å²) in [5, 5.41) is 3.88. The molecule has 0 saturated carbocycles. The number of hydrogen-bond donors (Lipinski definition) is 2. The Hall–Kier alpha value is -0.380. The van der Waals surface area contributed by atoms with Crippen LogP contribution in [0.3, 0.4) is 0 Å². The summed E-state index contributed by atoms with van der Waals surface area (Å²) in [6.45, 7) is 2.21. The van der Waals surface area contributed by atoms with Gasteiger partial charge in [0.05, 0.1) is 12.1 Å². The molecule has 1 fully saturated rings. The highest BCUT2D eigenvalue weighted by atomic mass is 32.2. The van der Waals surface area contributed by atoms with Gasteiger partial charge < -0.3 is 11.1 Å². The first-order chi connectivity index (χ1) is 5.31. The summed E-state index contributed by atoms with van der Waals surface area (Å²) in [4.78, 5) is 4.37. The van der Waals surface area contributed by atoms with Gasteiger partial charge in [-0.25, -0.2) is 4.99 Å². The van der Waals surface area contributed by atoms with Gasteiger partial charge in [0.15, 0.2) is 5.96 Å². The summed E-state index contributed by atoms with van der Waals surface area (Å²) < 4.78 is 0. The number of aliphatic imine (C=N–C) groups is 1. The zero-order chi connectivity index (χ0) is 7.84. The fourth-order valence-corrected chi connectivity index (χ4v) is 3.15. The maximum absolute atomic E-state index is 5.57. The van der Waals surface area contributed by atoms with Crippen LogP contribution in [-0.4, -0.2) is 29.0 Å². The van der Waals surface area contributed by atoms with E-state index in [-0.39, 0.29) is 0 Å². The van der Waals surface area contributed by atoms with Crippen LogP contribution in [0.4, 0.5) is 0 Å². The third-order valence-corrected chi connectivity index (χ3v) is 3.90. The monoisotopic (exact) mass is 171 g/mol. The lowest BCUT2D eigenvalue weighted by molar-refractivity contribution is 0.566. The number of fused-ring (bicyclic) bond motifs is 1. The zero-order valence-electron chi connectivity index (χ0n) is 6.58. The third kappa shape index (κ3) is 1.09. The quantitative estimate of drug-likeness (QED) is 0.591. The van der Waals surface area contributed by atoms with Gasteiger partial charge in [-0.2, -0.15) is 11.8 Å². The Morgan fingerprint density at radius 3 is 3.36 bits per heavy atom. The van der Waals surface area contributed by atoms with Gasteiger partial charge in [0.25, 0.3) is 0 Å². The molecule has 0 aliphatic carbocycles. The van der Waals surface area contributed by atoms with Crippen LogP contribution in [0, 0.1) is 0 Å². The highest BCUT2D eigenvalue weighted by Gasteiger charge is 2.39. The predicted molar refractivity (Wildman–Crippen MR) is 48.9 cm³/mol. The Morgan fingerprint density at radius 1 is 1.82 bits per heavy atom. The number of guanidine groups is 1. The van der Waals surface area contributed by atoms with Crippen molar-refractivity contribution >= 4 is 17.7 Å². The Kier molecular flexibility index (Phi) is 1.71. The molecule has 0 aromatic carbocycles. The lowest BCUT2D eigenvalue weighted by Gasteiger charge is -2.11. The number of rotatable bonds is 1. The van der Waals surface area contributed by atoms with Crippen molar-refractivity contribution in [3.05, 3.63) is 0 Å². The van der Waals surface area contributed by atoms with E-state index >= 15 is 0 Å². The van der Waals surface area contributed by atoms with E-state index < -0.39 is 0 Å². The predicted octanol–water partition coefficient (Wildman–Crippen LogP) is 0.167. The van der Waals surface area contributed by atoms with E-state index in [1.165, 1.54) is 6.42 Å². The molecular formula is C7H13N3S. The van der Waals surface area contributed by atoms with E-state index in [2.05, 4.69) is 17.2 Å². The smallest absolute Gasteiger partial charge is 0.189 e. The number of nitrogens with one attached hydrogen (secondary N) is 1. The van der Waals surface area contributed by atoms with Crippen LogP contribution in [-0.2, 0) is 0 Å². The van der Waals surface area contributed by atoms with Gasteiger partial charge in [-0.1, -0.05) is 6.92 Å². The minimum Gasteiger partial charge on any atom is -0.370 e. The summed E-state index contributed by atoms with van der Waals surface area (Å²) in [7, 11) is 0. The second-order valence-electron chi connectivity index (χ2n) is 3.04. The molecule has 62 valence electrons. The van der Waals surface area contributed by atoms with E-state index in [1.54, 1.807) is 0 Å². The largest absolute Gasteiger partial charge is 0.370 e. The standard InChI is InChI=1S/C7H13N3S/c1-2-5-6-4(3-11-5)9-7(8)10-6/h4-6H,2-3H2,1H3,(H3,8,9,10)/t4-,5-,6-/m0/s1. The van der Waals surface area contributed by atoms with Crippen molar-refractivity contribution in [2.24, 2.45) is 10.7 Å². The van der Waals surface area contributed by atoms with Gasteiger partial charge in [-0.15, -0.1) is 0 Å². The van der Waals surface area contributed by atoms with E-state index in [1.807, 2.05) is 11.8 Å². The fraction of sp³-hybridized carbons (Fsp3) is 0.857. The van der Waals surface area contributed by atoms with E-state index in [0.717, 1.165) is 5.75 Å². The summed E-state index contributed by atoms with van der Waals surface area (Å²) in [6.07, 6.45) is 1.20. The Balaban J connectivity index is 2.11. The molecule has 3 atom stereocenters. The average molecular weight is 171 g/mol. The second-order valence-corrected chi connectivity index (χ2v) is 4.31. The molecule has 4 heteroatoms. The zero-order valence-corrected chi connectivity index (χ0v) is 7.40. The number of nitrogens with two attached hydrogens (primary N) is 1. The van der Waals surface area contributed by atoms with E-state index in [4.69, 9.17) is 5.73 Å². The van der Waals surface area contributed by atoms with E-state index in [0.29, 0.717) is 23.3 Å². The normalized spacial score (nSPS) is 41.5. The molecule has 1 saturated heterocycles. The van der Waals surface area contributed by atoms with Crippen LogP contribution in [0.1, 0.15) is 13.3 Å². The van der Waals surface area contributed by atoms with Gasteiger partial charge in [0.1, 0.15) is 0 Å². The minimum atomic E-state index is 0.449. The van der Waals surface area contributed by atoms with Crippen LogP contribution in [0.5, 0.6) is 0 Å². The highest BCUT2D eigenvalue weighted by Crippen LogP contribution is 2.33. The molecule has 0 aromatic rings. The molecule has 0 spiro atoms. The maximum Gasteiger partial charge on any atom is 0.189 e. The Bertz CT molecular complexity index is 192. The summed E-state index contributed by atoms with van der Waals surface area (Å²) in [5.41, 5.74) is 5.57. The molecule has 3 N–H and O–H groups in total. The molecule has 2 aliphatic rings. The van der Waals surface area contributed by atoms with E-state index in [9.17, 15) is 0 Å². The molecule has 0 aromatic heterocycles. The molecular weight excluding hydrogens is 158 g/mol. The van der Waals surface area contributed by atoms with Crippen LogP contribution in [0.25, 0.3) is 0 Å². The van der Waals surface area contributed by atoms with Crippen molar-refractivity contribution in [1.82, 2.24) is 5.32 Å². The molecule has 3 nitrogen and oxygen atoms in total. The van der Waals surface area contributed by atoms with Crippen molar-refractivity contribution in [1.29, 1.82) is 0 Å². The minimum absolute atomic E-state index is 0.449. The first kappa shape index (κ1) is 7.28. The molecule has 11 heavy (non-hydrogen) atoms. The number of nitrogens with zero attached hydrogens (tertiary/aromatic N) is 1. The van der Waals surface area contributed by atoms with Crippen LogP contribution in [0.2, 0.25) is 0 Å². The van der Waals surface area contributed by atoms with Crippen LogP contribution < -0.4 is 11.1 Å². The Morgan fingerprint density at radius 2 is 2.64 bits per heavy atom. The highest BCUT2D eigenvalue weighted by molar-refractivity contribution is 8.00. The third-order valence-electron chi connectivity index (χ3n) is 2.31. The van der Waals surface area contributed by atoms with Crippen molar-refractivity contribution in [2.75, 3.05) is 5.75 Å². The van der Waals surface area contributed by atoms with Gasteiger partial charge in [-0.3, -0.25) is 0 Å². The maximum atomic E-state index is 5.57. The summed E-state index contributed by atoms with van der Waals surface area (Å²) >= 11 is 2.01. The molecule has 0 unspecified atom stereocenters. The molecule has 0 amide bonds. The topological polar surface area (TPSA) is 50.4 Å². The summed E-state index contributed by atoms with van der Waals surface area (Å²) in [6, 6.07) is 0.968. The first-order valence-corrected chi connectivity index (χ1v) is 5.07. The lowest BCUT2D eigenvalue weighted by atomic mass is 10.1. The number of hydrogen-bond acceptors (Lipinski definition) is 4. The first-order valence-electron chi connectivity index (χ1n) is 4.02. The molecule has 2 rings (SSSR count). The number of thioether (sulfide) groups is 1. The van der Waals surface area contributed by atoms with Gasteiger partial charge >= 0.3 is 0 Å². The average Bonchev–Trinajstić information content (AvgIpc) is 2.45. The van der Waals surface area contributed by atoms with Crippen LogP contribution in [0.15, 0.2) is 4.99 Å². The van der Waals surface area contributed by atoms with Crippen molar-refractivity contribution in [2.45, 2.75) is 30.7 Å². The van der Waals surface area contributed by atoms with Crippen LogP contribution >= 0.6 is 11.8 Å². The van der Waals surface area contributed by atoms with Crippen molar-refractivity contribution < 1.29 is 0 Å². The molecule has 0 radical (unpaired) electrons. The Labute approximate surface area is 70.8 Å². The molecule has 0 bridgehead atoms. The molecule has 2 heterocycles. The van der Waals surface area contributed by atoms with Gasteiger partial charge in [0, 0.05) is 11.0 Å². The lowest BCUT2D eigenvalue weighted by Crippen LogP contribution is -2.38. The summed E-state index contributed by atoms with van der Waals surface area (Å²) in [5.74, 6) is 1.80. The molecule has 2 aliphatic heterocycles. The van der Waals surface area contributed by atoms with Crippen molar-refractivity contribution in [3.63, 3.8) is 0 Å². The van der Waals surface area contributed by atoms with Crippen molar-refractivity contribution in [3.8, 4) is 0 Å². The van der Waals surface area contributed by atoms with Gasteiger partial charge in [-0.05, 0) is 6.42 Å². The van der Waals surface area contributed by atoms with Gasteiger partial charge in [0.2, 0.25) is 0 Å². The second kappa shape index (κ2) is 2.59. The SMILES string of the molecule is CC[C@@H]1SC[C@@H]2NC(N)=N[C@@H]21.